The maximum Gasteiger partial charge on any atom is 0.325 e. The lowest BCUT2D eigenvalue weighted by atomic mass is 9.92. The molecule has 1 atom stereocenters. The third-order valence-corrected chi connectivity index (χ3v) is 9.43. The van der Waals surface area contributed by atoms with Crippen LogP contribution in [0.1, 0.15) is 43.7 Å². The van der Waals surface area contributed by atoms with Gasteiger partial charge in [-0.2, -0.15) is 4.31 Å². The number of nitrogens with zero attached hydrogens (tertiary/aromatic N) is 3. The lowest BCUT2D eigenvalue weighted by molar-refractivity contribution is -0.139. The number of rotatable bonds is 5. The Hall–Kier alpha value is -2.46. The molecule has 5 rings (SSSR count). The van der Waals surface area contributed by atoms with Gasteiger partial charge in [0.1, 0.15) is 12.1 Å². The number of hydrogen-bond donors (Lipinski definition) is 1. The molecule has 2 saturated heterocycles. The van der Waals surface area contributed by atoms with Gasteiger partial charge in [-0.05, 0) is 74.6 Å². The van der Waals surface area contributed by atoms with Crippen molar-refractivity contribution in [3.05, 3.63) is 29.3 Å². The zero-order valence-electron chi connectivity index (χ0n) is 18.9. The quantitative estimate of drug-likeness (QED) is 0.644. The van der Waals surface area contributed by atoms with Gasteiger partial charge in [0.2, 0.25) is 15.9 Å². The molecule has 178 valence electrons. The summed E-state index contributed by atoms with van der Waals surface area (Å²) >= 11 is 0. The number of amides is 4. The van der Waals surface area contributed by atoms with Crippen molar-refractivity contribution < 1.29 is 22.8 Å². The standard InChI is InChI=1S/C23H30N4O5S/c1-23(18-7-8-18)21(29)27(22(30)24-23)15-20(28)25-10-12-26(13-11-25)33(31,32)19-9-6-16-4-2-3-5-17(16)14-19/h6,9,14,18H,2-5,7-8,10-13,15H2,1H3,(H,24,30)/t23-/m1/s1. The fourth-order valence-electron chi connectivity index (χ4n) is 5.23. The SMILES string of the molecule is C[C@]1(C2CC2)NC(=O)N(CC(=O)N2CCN(S(=O)(=O)c3ccc4c(c3)CCCC4)CC2)C1=O. The molecule has 10 heteroatoms. The van der Waals surface area contributed by atoms with Crippen LogP contribution in [0.25, 0.3) is 0 Å². The number of aryl methyl sites for hydroxylation is 2. The van der Waals surface area contributed by atoms with E-state index in [9.17, 15) is 22.8 Å². The number of urea groups is 1. The second-order valence-corrected chi connectivity index (χ2v) is 11.7. The number of imide groups is 1. The van der Waals surface area contributed by atoms with E-state index >= 15 is 0 Å². The highest BCUT2D eigenvalue weighted by atomic mass is 32.2. The van der Waals surface area contributed by atoms with Crippen LogP contribution in [-0.4, -0.2) is 78.6 Å². The summed E-state index contributed by atoms with van der Waals surface area (Å²) in [6.07, 6.45) is 5.90. The van der Waals surface area contributed by atoms with Crippen molar-refractivity contribution in [2.75, 3.05) is 32.7 Å². The molecular weight excluding hydrogens is 444 g/mol. The van der Waals surface area contributed by atoms with Crippen LogP contribution in [0, 0.1) is 5.92 Å². The molecular formula is C23H30N4O5S. The lowest BCUT2D eigenvalue weighted by Crippen LogP contribution is -2.53. The van der Waals surface area contributed by atoms with Crippen molar-refractivity contribution in [2.24, 2.45) is 5.92 Å². The van der Waals surface area contributed by atoms with Crippen LogP contribution >= 0.6 is 0 Å². The van der Waals surface area contributed by atoms with E-state index in [0.29, 0.717) is 4.90 Å². The van der Waals surface area contributed by atoms with Crippen LogP contribution in [0.4, 0.5) is 4.79 Å². The van der Waals surface area contributed by atoms with Gasteiger partial charge < -0.3 is 10.2 Å². The molecule has 1 saturated carbocycles. The van der Waals surface area contributed by atoms with Gasteiger partial charge in [0.05, 0.1) is 4.90 Å². The first-order valence-corrected chi connectivity index (χ1v) is 13.2. The highest BCUT2D eigenvalue weighted by molar-refractivity contribution is 7.89. The van der Waals surface area contributed by atoms with E-state index in [2.05, 4.69) is 5.32 Å². The molecule has 2 aliphatic heterocycles. The van der Waals surface area contributed by atoms with Crippen molar-refractivity contribution >= 4 is 27.9 Å². The zero-order chi connectivity index (χ0) is 23.4. The third kappa shape index (κ3) is 3.93. The fourth-order valence-corrected chi connectivity index (χ4v) is 6.70. The first-order chi connectivity index (χ1) is 15.7. The van der Waals surface area contributed by atoms with Crippen LogP contribution in [-0.2, 0) is 32.5 Å². The Kier molecular flexibility index (Phi) is 5.48. The molecule has 1 aromatic rings. The van der Waals surface area contributed by atoms with Gasteiger partial charge in [-0.1, -0.05) is 6.07 Å². The predicted octanol–water partition coefficient (Wildman–Crippen LogP) is 1.12. The molecule has 1 aromatic carbocycles. The number of benzene rings is 1. The van der Waals surface area contributed by atoms with E-state index in [1.165, 1.54) is 14.8 Å². The van der Waals surface area contributed by atoms with E-state index in [1.54, 1.807) is 19.1 Å². The Morgan fingerprint density at radius 2 is 1.73 bits per heavy atom. The van der Waals surface area contributed by atoms with Gasteiger partial charge in [0.25, 0.3) is 5.91 Å². The molecule has 9 nitrogen and oxygen atoms in total. The summed E-state index contributed by atoms with van der Waals surface area (Å²) in [6, 6.07) is 4.88. The fraction of sp³-hybridized carbons (Fsp3) is 0.609. The molecule has 33 heavy (non-hydrogen) atoms. The summed E-state index contributed by atoms with van der Waals surface area (Å²) in [5.74, 6) is -0.562. The average Bonchev–Trinajstić information content (AvgIpc) is 3.64. The van der Waals surface area contributed by atoms with E-state index in [4.69, 9.17) is 0 Å². The first-order valence-electron chi connectivity index (χ1n) is 11.7. The van der Waals surface area contributed by atoms with E-state index in [0.717, 1.165) is 49.0 Å². The summed E-state index contributed by atoms with van der Waals surface area (Å²) in [6.45, 7) is 2.24. The largest absolute Gasteiger partial charge is 0.338 e. The van der Waals surface area contributed by atoms with E-state index in [1.807, 2.05) is 6.07 Å². The number of fused-ring (bicyclic) bond motifs is 1. The second-order valence-electron chi connectivity index (χ2n) is 9.72. The maximum absolute atomic E-state index is 13.2. The number of hydrogen-bond acceptors (Lipinski definition) is 5. The maximum atomic E-state index is 13.2. The van der Waals surface area contributed by atoms with Crippen LogP contribution in [0.5, 0.6) is 0 Å². The third-order valence-electron chi connectivity index (χ3n) is 7.54. The van der Waals surface area contributed by atoms with Crippen molar-refractivity contribution in [3.63, 3.8) is 0 Å². The number of carbonyl (C=O) groups excluding carboxylic acids is 3. The highest BCUT2D eigenvalue weighted by Gasteiger charge is 2.56. The zero-order valence-corrected chi connectivity index (χ0v) is 19.7. The van der Waals surface area contributed by atoms with Gasteiger partial charge in [-0.25, -0.2) is 13.2 Å². The number of piperazine rings is 1. The Morgan fingerprint density at radius 3 is 2.39 bits per heavy atom. The van der Waals surface area contributed by atoms with Crippen LogP contribution in [0.15, 0.2) is 23.1 Å². The Morgan fingerprint density at radius 1 is 1.06 bits per heavy atom. The topological polar surface area (TPSA) is 107 Å². The van der Waals surface area contributed by atoms with Crippen LogP contribution in [0.3, 0.4) is 0 Å². The molecule has 2 heterocycles. The van der Waals surface area contributed by atoms with Crippen molar-refractivity contribution in [3.8, 4) is 0 Å². The smallest absolute Gasteiger partial charge is 0.325 e. The monoisotopic (exact) mass is 474 g/mol. The Labute approximate surface area is 194 Å². The minimum Gasteiger partial charge on any atom is -0.338 e. The predicted molar refractivity (Wildman–Crippen MR) is 120 cm³/mol. The molecule has 3 fully saturated rings. The summed E-state index contributed by atoms with van der Waals surface area (Å²) in [4.78, 5) is 40.7. The molecule has 0 unspecified atom stereocenters. The van der Waals surface area contributed by atoms with Crippen molar-refractivity contribution in [1.29, 1.82) is 0 Å². The minimum atomic E-state index is -3.64. The molecule has 0 bridgehead atoms. The highest BCUT2D eigenvalue weighted by Crippen LogP contribution is 2.42. The number of nitrogens with one attached hydrogen (secondary N) is 1. The van der Waals surface area contributed by atoms with E-state index in [-0.39, 0.29) is 50.5 Å². The van der Waals surface area contributed by atoms with Crippen LogP contribution in [0.2, 0.25) is 0 Å². The molecule has 4 amide bonds. The first kappa shape index (κ1) is 22.3. The lowest BCUT2D eigenvalue weighted by Gasteiger charge is -2.34. The van der Waals surface area contributed by atoms with Gasteiger partial charge in [-0.3, -0.25) is 14.5 Å². The van der Waals surface area contributed by atoms with Gasteiger partial charge in [0.15, 0.2) is 0 Å². The summed E-state index contributed by atoms with van der Waals surface area (Å²) in [7, 11) is -3.64. The molecule has 0 radical (unpaired) electrons. The van der Waals surface area contributed by atoms with Gasteiger partial charge >= 0.3 is 6.03 Å². The number of carbonyl (C=O) groups is 3. The van der Waals surface area contributed by atoms with Crippen LogP contribution < -0.4 is 5.32 Å². The van der Waals surface area contributed by atoms with Crippen molar-refractivity contribution in [1.82, 2.24) is 19.4 Å². The molecule has 2 aliphatic carbocycles. The normalized spacial score (nSPS) is 26.3. The van der Waals surface area contributed by atoms with Gasteiger partial charge in [0, 0.05) is 26.2 Å². The average molecular weight is 475 g/mol. The van der Waals surface area contributed by atoms with Crippen molar-refractivity contribution in [2.45, 2.75) is 55.9 Å². The summed E-state index contributed by atoms with van der Waals surface area (Å²) in [5.41, 5.74) is 1.43. The Balaban J connectivity index is 1.21. The summed E-state index contributed by atoms with van der Waals surface area (Å²) < 4.78 is 27.8. The Bertz CT molecular complexity index is 1110. The molecule has 1 N–H and O–H groups in total. The number of sulfonamides is 1. The second kappa shape index (κ2) is 8.09. The molecule has 4 aliphatic rings. The molecule has 0 aromatic heterocycles. The minimum absolute atomic E-state index is 0.131. The molecule has 0 spiro atoms. The van der Waals surface area contributed by atoms with Gasteiger partial charge in [-0.15, -0.1) is 0 Å². The summed E-state index contributed by atoms with van der Waals surface area (Å²) in [5, 5.41) is 2.75. The van der Waals surface area contributed by atoms with E-state index < -0.39 is 21.6 Å².